The largest absolute Gasteiger partial charge is 0.508 e. The third-order valence-electron chi connectivity index (χ3n) is 5.83. The molecule has 5 atom stereocenters. The summed E-state index contributed by atoms with van der Waals surface area (Å²) in [7, 11) is 1.44. The third-order valence-corrected chi connectivity index (χ3v) is 7.40. The fraction of sp³-hybridized carbons (Fsp3) is 0.476. The summed E-state index contributed by atoms with van der Waals surface area (Å²) in [6.07, 6.45) is -0.326. The molecule has 2 fully saturated rings. The summed E-state index contributed by atoms with van der Waals surface area (Å²) in [6, 6.07) is 1.52. The van der Waals surface area contributed by atoms with Gasteiger partial charge in [-0.3, -0.25) is 29.8 Å². The first-order valence-electron chi connectivity index (χ1n) is 10.5. The smallest absolute Gasteiger partial charge is 0.327 e. The van der Waals surface area contributed by atoms with E-state index in [1.54, 1.807) is 13.8 Å². The summed E-state index contributed by atoms with van der Waals surface area (Å²) >= 11 is 1.31. The number of benzene rings is 1. The van der Waals surface area contributed by atoms with Crippen molar-refractivity contribution in [1.29, 1.82) is 0 Å². The van der Waals surface area contributed by atoms with Gasteiger partial charge in [0.25, 0.3) is 0 Å². The molecule has 0 saturated carbocycles. The summed E-state index contributed by atoms with van der Waals surface area (Å²) in [5, 5.41) is 26.5. The van der Waals surface area contributed by atoms with Gasteiger partial charge >= 0.3 is 5.97 Å². The molecule has 7 N–H and O–H groups in total. The highest BCUT2D eigenvalue weighted by Crippen LogP contribution is 2.51. The molecule has 184 valence electrons. The number of hydrogen-bond acceptors (Lipinski definition) is 9. The predicted molar refractivity (Wildman–Crippen MR) is 121 cm³/mol. The molecule has 2 saturated heterocycles. The predicted octanol–water partition coefficient (Wildman–Crippen LogP) is -1.36. The van der Waals surface area contributed by atoms with E-state index in [4.69, 9.17) is 5.73 Å². The number of likely N-dealkylation sites (N-methyl/N-ethyl adjacent to an activating group) is 1. The van der Waals surface area contributed by atoms with Crippen LogP contribution in [0.3, 0.4) is 0 Å². The van der Waals surface area contributed by atoms with Gasteiger partial charge in [0.05, 0.1) is 12.5 Å². The highest BCUT2D eigenvalue weighted by Gasteiger charge is 2.64. The van der Waals surface area contributed by atoms with Crippen molar-refractivity contribution in [3.05, 3.63) is 29.8 Å². The van der Waals surface area contributed by atoms with Crippen LogP contribution in [0.15, 0.2) is 24.3 Å². The van der Waals surface area contributed by atoms with E-state index in [1.807, 2.05) is 0 Å². The Labute approximate surface area is 199 Å². The van der Waals surface area contributed by atoms with Crippen LogP contribution in [-0.2, 0) is 24.0 Å². The Morgan fingerprint density at radius 3 is 2.32 bits per heavy atom. The fourth-order valence-electron chi connectivity index (χ4n) is 4.14. The van der Waals surface area contributed by atoms with Gasteiger partial charge in [-0.25, -0.2) is 4.79 Å². The standard InChI is InChI=1S/C21H27N5O7S/c1-21(2)15(20(32)33)26-18(31)14(19(26)34-21)24-13(9-4-6-10(27)7-5-9)17(30)25-16(29)11(23-3)8-12(22)28/h4-7,11,13-15,19,23-24,27H,8H2,1-3H3,(H2,22,28)(H,32,33)(H,25,29,30)/t11-,13+,14?,15?,19?/m1/s1. The molecule has 3 unspecified atom stereocenters. The molecule has 2 aliphatic rings. The number of carbonyl (C=O) groups excluding carboxylic acids is 4. The number of carboxylic acid groups (broad SMARTS) is 1. The van der Waals surface area contributed by atoms with E-state index in [-0.39, 0.29) is 12.2 Å². The molecule has 34 heavy (non-hydrogen) atoms. The van der Waals surface area contributed by atoms with Crippen molar-refractivity contribution in [1.82, 2.24) is 20.9 Å². The lowest BCUT2D eigenvalue weighted by molar-refractivity contribution is -0.160. The zero-order valence-corrected chi connectivity index (χ0v) is 19.6. The van der Waals surface area contributed by atoms with E-state index >= 15 is 0 Å². The maximum atomic E-state index is 13.1. The molecule has 4 amide bonds. The van der Waals surface area contributed by atoms with Gasteiger partial charge in [-0.15, -0.1) is 11.8 Å². The Hall–Kier alpha value is -3.16. The van der Waals surface area contributed by atoms with Crippen LogP contribution in [0.4, 0.5) is 0 Å². The van der Waals surface area contributed by atoms with E-state index in [2.05, 4.69) is 16.0 Å². The van der Waals surface area contributed by atoms with Crippen LogP contribution in [0.2, 0.25) is 0 Å². The topological polar surface area (TPSA) is 191 Å². The number of nitrogens with zero attached hydrogens (tertiary/aromatic N) is 1. The number of carbonyl (C=O) groups is 5. The van der Waals surface area contributed by atoms with Gasteiger partial charge in [-0.2, -0.15) is 0 Å². The Balaban J connectivity index is 1.83. The van der Waals surface area contributed by atoms with Crippen LogP contribution in [0.25, 0.3) is 0 Å². The van der Waals surface area contributed by atoms with E-state index in [0.29, 0.717) is 5.56 Å². The van der Waals surface area contributed by atoms with Gasteiger partial charge in [0.1, 0.15) is 29.2 Å². The van der Waals surface area contributed by atoms with Gasteiger partial charge < -0.3 is 26.2 Å². The summed E-state index contributed by atoms with van der Waals surface area (Å²) in [5.74, 6) is -3.93. The minimum Gasteiger partial charge on any atom is -0.508 e. The molecule has 2 heterocycles. The molecule has 1 aromatic rings. The normalized spacial score (nSPS) is 24.5. The number of nitrogens with one attached hydrogen (secondary N) is 3. The average Bonchev–Trinajstić information content (AvgIpc) is 3.01. The number of nitrogens with two attached hydrogens (primary N) is 1. The van der Waals surface area contributed by atoms with Crippen molar-refractivity contribution < 1.29 is 34.2 Å². The van der Waals surface area contributed by atoms with E-state index in [1.165, 1.54) is 48.0 Å². The fourth-order valence-corrected chi connectivity index (χ4v) is 5.78. The summed E-state index contributed by atoms with van der Waals surface area (Å²) in [5.41, 5.74) is 5.51. The van der Waals surface area contributed by atoms with Gasteiger partial charge in [-0.05, 0) is 38.6 Å². The molecule has 0 spiro atoms. The number of hydrogen-bond donors (Lipinski definition) is 6. The molecule has 0 aromatic heterocycles. The van der Waals surface area contributed by atoms with Gasteiger partial charge in [0.15, 0.2) is 0 Å². The molecule has 0 aliphatic carbocycles. The highest BCUT2D eigenvalue weighted by molar-refractivity contribution is 8.01. The third kappa shape index (κ3) is 4.86. The molecule has 0 radical (unpaired) electrons. The molecule has 0 bridgehead atoms. The van der Waals surface area contributed by atoms with Gasteiger partial charge in [0, 0.05) is 4.75 Å². The SMILES string of the molecule is CN[C@H](CC(N)=O)C(=O)NC(=O)[C@@H](NC1C(=O)N2C1SC(C)(C)C2C(=O)O)c1ccc(O)cc1. The molecule has 13 heteroatoms. The van der Waals surface area contributed by atoms with Crippen LogP contribution >= 0.6 is 11.8 Å². The second kappa shape index (κ2) is 9.60. The summed E-state index contributed by atoms with van der Waals surface area (Å²) in [4.78, 5) is 62.7. The van der Waals surface area contributed by atoms with E-state index in [9.17, 15) is 34.2 Å². The number of primary amides is 1. The molecule has 12 nitrogen and oxygen atoms in total. The molecule has 1 aromatic carbocycles. The van der Waals surface area contributed by atoms with Crippen molar-refractivity contribution in [2.45, 2.75) is 54.6 Å². The molecular weight excluding hydrogens is 466 g/mol. The van der Waals surface area contributed by atoms with Gasteiger partial charge in [0.2, 0.25) is 23.6 Å². The number of aromatic hydroxyl groups is 1. The van der Waals surface area contributed by atoms with Crippen LogP contribution in [0, 0.1) is 0 Å². The van der Waals surface area contributed by atoms with Crippen LogP contribution in [0.5, 0.6) is 5.75 Å². The zero-order valence-electron chi connectivity index (χ0n) is 18.8. The summed E-state index contributed by atoms with van der Waals surface area (Å²) < 4.78 is -0.746. The molecule has 2 aliphatic heterocycles. The van der Waals surface area contributed by atoms with Crippen LogP contribution < -0.4 is 21.7 Å². The monoisotopic (exact) mass is 493 g/mol. The Bertz CT molecular complexity index is 1020. The molecule has 3 rings (SSSR count). The quantitative estimate of drug-likeness (QED) is 0.224. The van der Waals surface area contributed by atoms with Crippen LogP contribution in [0.1, 0.15) is 31.9 Å². The number of phenols is 1. The van der Waals surface area contributed by atoms with Crippen molar-refractivity contribution in [3.63, 3.8) is 0 Å². The lowest BCUT2D eigenvalue weighted by Gasteiger charge is -2.45. The number of aliphatic carboxylic acids is 1. The number of phenolic OH excluding ortho intramolecular Hbond substituents is 1. The second-order valence-electron chi connectivity index (χ2n) is 8.63. The first kappa shape index (κ1) is 25.5. The number of β-lactam (4-membered cyclic amide) rings is 1. The Morgan fingerprint density at radius 1 is 1.18 bits per heavy atom. The van der Waals surface area contributed by atoms with E-state index < -0.39 is 63.9 Å². The number of carboxylic acids is 1. The first-order chi connectivity index (χ1) is 15.9. The average molecular weight is 494 g/mol. The first-order valence-corrected chi connectivity index (χ1v) is 11.3. The van der Waals surface area contributed by atoms with Gasteiger partial charge in [-0.1, -0.05) is 12.1 Å². The lowest BCUT2D eigenvalue weighted by Crippen LogP contribution is -2.70. The maximum Gasteiger partial charge on any atom is 0.327 e. The number of imide groups is 1. The Morgan fingerprint density at radius 2 is 1.79 bits per heavy atom. The zero-order chi connectivity index (χ0) is 25.4. The highest BCUT2D eigenvalue weighted by atomic mass is 32.2. The van der Waals surface area contributed by atoms with Crippen molar-refractivity contribution in [2.75, 3.05) is 7.05 Å². The number of thioether (sulfide) groups is 1. The van der Waals surface area contributed by atoms with E-state index in [0.717, 1.165) is 0 Å². The molecular formula is C21H27N5O7S. The minimum atomic E-state index is -1.18. The summed E-state index contributed by atoms with van der Waals surface area (Å²) in [6.45, 7) is 3.47. The van der Waals surface area contributed by atoms with Crippen molar-refractivity contribution in [3.8, 4) is 5.75 Å². The number of fused-ring (bicyclic) bond motifs is 1. The minimum absolute atomic E-state index is 0.0426. The number of amides is 4. The lowest BCUT2D eigenvalue weighted by atomic mass is 9.95. The van der Waals surface area contributed by atoms with Crippen LogP contribution in [-0.4, -0.2) is 80.0 Å². The second-order valence-corrected chi connectivity index (χ2v) is 10.4. The van der Waals surface area contributed by atoms with Crippen molar-refractivity contribution in [2.24, 2.45) is 5.73 Å². The van der Waals surface area contributed by atoms with Crippen molar-refractivity contribution >= 4 is 41.4 Å². The Kier molecular flexibility index (Phi) is 7.19. The maximum absolute atomic E-state index is 13.1. The number of rotatable bonds is 9.